The summed E-state index contributed by atoms with van der Waals surface area (Å²) in [5.74, 6) is 2.48. The number of para-hydroxylation sites is 2. The predicted molar refractivity (Wildman–Crippen MR) is 143 cm³/mol. The Morgan fingerprint density at radius 1 is 0.763 bits per heavy atom. The second kappa shape index (κ2) is 8.05. The Hall–Kier alpha value is -3.40. The Morgan fingerprint density at radius 3 is 1.95 bits per heavy atom. The van der Waals surface area contributed by atoms with Gasteiger partial charge in [-0.25, -0.2) is 0 Å². The minimum absolute atomic E-state index is 0.106. The lowest BCUT2D eigenvalue weighted by Gasteiger charge is -2.56. The quantitative estimate of drug-likeness (QED) is 0.278. The summed E-state index contributed by atoms with van der Waals surface area (Å²) >= 11 is 0. The first kappa shape index (κ1) is 22.6. The number of ether oxygens (including phenoxy) is 2. The average Bonchev–Trinajstić information content (AvgIpc) is 2.91. The molecule has 6 aliphatic rings. The highest BCUT2D eigenvalue weighted by Gasteiger charge is 2.61. The predicted octanol–water partition coefficient (Wildman–Crippen LogP) is 7.25. The molecule has 4 fully saturated rings. The number of Topliss-reactive ketones (excluding diaryl/α,β-unsaturated/α-hetero) is 1. The van der Waals surface area contributed by atoms with Gasteiger partial charge in [0.25, 0.3) is 0 Å². The Morgan fingerprint density at radius 2 is 1.32 bits per heavy atom. The molecule has 3 aromatic rings. The highest BCUT2D eigenvalue weighted by molar-refractivity contribution is 6.15. The van der Waals surface area contributed by atoms with Crippen LogP contribution in [0.2, 0.25) is 0 Å². The second-order valence-electron chi connectivity index (χ2n) is 12.6. The summed E-state index contributed by atoms with van der Waals surface area (Å²) in [5, 5.41) is 0. The van der Waals surface area contributed by atoms with Crippen LogP contribution in [0, 0.1) is 23.2 Å². The summed E-state index contributed by atoms with van der Waals surface area (Å²) in [5.41, 5.74) is 1.70. The number of ketones is 1. The third-order valence-electron chi connectivity index (χ3n) is 10.3. The molecular formula is C34H32O4. The summed E-state index contributed by atoms with van der Waals surface area (Å²) in [4.78, 5) is 29.6. The summed E-state index contributed by atoms with van der Waals surface area (Å²) in [6.07, 6.45) is 7.77. The molecule has 192 valence electrons. The molecule has 9 rings (SSSR count). The van der Waals surface area contributed by atoms with Crippen molar-refractivity contribution in [3.63, 3.8) is 0 Å². The van der Waals surface area contributed by atoms with Crippen molar-refractivity contribution in [3.8, 4) is 11.5 Å². The minimum atomic E-state index is -1.34. The fraction of sp³-hybridized carbons (Fsp3) is 0.412. The number of carbonyl (C=O) groups is 2. The molecule has 4 nitrogen and oxygen atoms in total. The summed E-state index contributed by atoms with van der Waals surface area (Å²) in [6.45, 7) is 0. The number of hydrogen-bond donors (Lipinski definition) is 0. The highest BCUT2D eigenvalue weighted by atomic mass is 16.6. The van der Waals surface area contributed by atoms with Crippen LogP contribution in [0.1, 0.15) is 77.9 Å². The van der Waals surface area contributed by atoms with Gasteiger partial charge in [-0.3, -0.25) is 9.59 Å². The number of aryl methyl sites for hydroxylation is 1. The van der Waals surface area contributed by atoms with Gasteiger partial charge in [0, 0.05) is 22.6 Å². The van der Waals surface area contributed by atoms with Crippen molar-refractivity contribution >= 4 is 11.8 Å². The van der Waals surface area contributed by atoms with E-state index < -0.39 is 16.9 Å². The monoisotopic (exact) mass is 504 g/mol. The van der Waals surface area contributed by atoms with Gasteiger partial charge in [0.15, 0.2) is 5.78 Å². The topological polar surface area (TPSA) is 52.6 Å². The van der Waals surface area contributed by atoms with Crippen molar-refractivity contribution in [1.29, 1.82) is 0 Å². The Balaban J connectivity index is 1.30. The molecule has 4 heteroatoms. The molecular weight excluding hydrogens is 472 g/mol. The zero-order valence-corrected chi connectivity index (χ0v) is 21.5. The van der Waals surface area contributed by atoms with E-state index in [0.29, 0.717) is 47.7 Å². The molecule has 0 saturated heterocycles. The Bertz CT molecular complexity index is 1390. The van der Waals surface area contributed by atoms with Gasteiger partial charge in [0.05, 0.1) is 0 Å². The van der Waals surface area contributed by atoms with Crippen molar-refractivity contribution < 1.29 is 19.1 Å². The van der Waals surface area contributed by atoms with Gasteiger partial charge in [-0.15, -0.1) is 0 Å². The number of rotatable bonds is 3. The van der Waals surface area contributed by atoms with Gasteiger partial charge in [-0.05, 0) is 86.8 Å². The van der Waals surface area contributed by atoms with Crippen LogP contribution in [-0.2, 0) is 16.0 Å². The third kappa shape index (κ3) is 3.15. The highest BCUT2D eigenvalue weighted by Crippen LogP contribution is 2.60. The van der Waals surface area contributed by atoms with E-state index in [-0.39, 0.29) is 11.8 Å². The van der Waals surface area contributed by atoms with Gasteiger partial charge < -0.3 is 9.47 Å². The molecule has 5 aliphatic carbocycles. The van der Waals surface area contributed by atoms with E-state index in [1.54, 1.807) is 0 Å². The lowest BCUT2D eigenvalue weighted by atomic mass is 9.54. The molecule has 4 saturated carbocycles. The first-order valence-corrected chi connectivity index (χ1v) is 14.3. The molecule has 0 radical (unpaired) electrons. The first-order valence-electron chi connectivity index (χ1n) is 14.3. The van der Waals surface area contributed by atoms with Crippen molar-refractivity contribution in [2.75, 3.05) is 0 Å². The van der Waals surface area contributed by atoms with Gasteiger partial charge in [-0.1, -0.05) is 60.7 Å². The van der Waals surface area contributed by atoms with Gasteiger partial charge >= 0.3 is 5.97 Å². The lowest BCUT2D eigenvalue weighted by Crippen LogP contribution is -2.57. The standard InChI is InChI=1S/C34H32O4/c35-31-25-8-2-1-7-24(25)13-14-34(31,32(36)38-33-18-21-15-22(19-33)17-23(16-21)20-33)30-26-9-3-5-11-28(26)37-29-12-6-4-10-27(29)30/h1-12,21-23,30H,13-20H2. The van der Waals surface area contributed by atoms with E-state index in [1.165, 1.54) is 19.3 Å². The molecule has 1 aliphatic heterocycles. The Kier molecular flexibility index (Phi) is 4.78. The fourth-order valence-electron chi connectivity index (χ4n) is 9.12. The number of hydrogen-bond acceptors (Lipinski definition) is 4. The van der Waals surface area contributed by atoms with Crippen molar-refractivity contribution in [2.45, 2.75) is 62.9 Å². The summed E-state index contributed by atoms with van der Waals surface area (Å²) in [6, 6.07) is 23.6. The smallest absolute Gasteiger partial charge is 0.321 e. The largest absolute Gasteiger partial charge is 0.458 e. The zero-order chi connectivity index (χ0) is 25.5. The van der Waals surface area contributed by atoms with Crippen LogP contribution in [0.5, 0.6) is 11.5 Å². The molecule has 38 heavy (non-hydrogen) atoms. The number of fused-ring (bicyclic) bond motifs is 3. The average molecular weight is 505 g/mol. The van der Waals surface area contributed by atoms with Crippen LogP contribution in [0.15, 0.2) is 72.8 Å². The van der Waals surface area contributed by atoms with Crippen LogP contribution < -0.4 is 4.74 Å². The van der Waals surface area contributed by atoms with E-state index in [9.17, 15) is 9.59 Å². The molecule has 3 aromatic carbocycles. The van der Waals surface area contributed by atoms with E-state index >= 15 is 0 Å². The van der Waals surface area contributed by atoms with E-state index in [2.05, 4.69) is 0 Å². The maximum Gasteiger partial charge on any atom is 0.321 e. The second-order valence-corrected chi connectivity index (χ2v) is 12.6. The van der Waals surface area contributed by atoms with E-state index in [0.717, 1.165) is 36.0 Å². The SMILES string of the molecule is O=C(OC12CC3CC(CC(C3)C1)C2)C1(C2c3ccccc3Oc3ccccc32)CCc2ccccc2C1=O. The summed E-state index contributed by atoms with van der Waals surface area (Å²) < 4.78 is 13.1. The van der Waals surface area contributed by atoms with Crippen LogP contribution >= 0.6 is 0 Å². The maximum absolute atomic E-state index is 14.9. The zero-order valence-electron chi connectivity index (χ0n) is 21.5. The third-order valence-corrected chi connectivity index (χ3v) is 10.3. The molecule has 0 amide bonds. The molecule has 0 spiro atoms. The van der Waals surface area contributed by atoms with Crippen molar-refractivity contribution in [1.82, 2.24) is 0 Å². The number of esters is 1. The van der Waals surface area contributed by atoms with Crippen molar-refractivity contribution in [3.05, 3.63) is 95.1 Å². The molecule has 1 heterocycles. The van der Waals surface area contributed by atoms with Gasteiger partial charge in [0.2, 0.25) is 0 Å². The fourth-order valence-corrected chi connectivity index (χ4v) is 9.12. The van der Waals surface area contributed by atoms with Crippen LogP contribution in [0.4, 0.5) is 0 Å². The molecule has 0 N–H and O–H groups in total. The number of carbonyl (C=O) groups excluding carboxylic acids is 2. The van der Waals surface area contributed by atoms with Crippen LogP contribution in [0.25, 0.3) is 0 Å². The first-order chi connectivity index (χ1) is 18.5. The minimum Gasteiger partial charge on any atom is -0.458 e. The number of benzene rings is 3. The van der Waals surface area contributed by atoms with Crippen LogP contribution in [0.3, 0.4) is 0 Å². The van der Waals surface area contributed by atoms with Gasteiger partial charge in [-0.2, -0.15) is 0 Å². The van der Waals surface area contributed by atoms with E-state index in [1.807, 2.05) is 72.8 Å². The molecule has 4 bridgehead atoms. The summed E-state index contributed by atoms with van der Waals surface area (Å²) in [7, 11) is 0. The van der Waals surface area contributed by atoms with E-state index in [4.69, 9.17) is 9.47 Å². The normalized spacial score (nSPS) is 32.6. The molecule has 1 atom stereocenters. The van der Waals surface area contributed by atoms with Gasteiger partial charge in [0.1, 0.15) is 22.5 Å². The lowest BCUT2D eigenvalue weighted by molar-refractivity contribution is -0.195. The van der Waals surface area contributed by atoms with Crippen molar-refractivity contribution in [2.24, 2.45) is 23.2 Å². The maximum atomic E-state index is 14.9. The molecule has 0 aromatic heterocycles. The Labute approximate surface area is 223 Å². The van der Waals surface area contributed by atoms with Crippen LogP contribution in [-0.4, -0.2) is 17.4 Å². The molecule has 1 unspecified atom stereocenters.